The molecule has 1 saturated carbocycles. The van der Waals surface area contributed by atoms with Gasteiger partial charge in [0.2, 0.25) is 0 Å². The predicted octanol–water partition coefficient (Wildman–Crippen LogP) is 2.74. The van der Waals surface area contributed by atoms with Gasteiger partial charge in [-0.15, -0.1) is 0 Å². The monoisotopic (exact) mass is 138 g/mol. The first-order chi connectivity index (χ1) is 3.96. The van der Waals surface area contributed by atoms with E-state index in [1.807, 2.05) is 0 Å². The van der Waals surface area contributed by atoms with Crippen LogP contribution < -0.4 is 0 Å². The number of alkyl halides is 3. The average Bonchev–Trinajstić information content (AvgIpc) is 1.57. The molecule has 1 fully saturated rings. The van der Waals surface area contributed by atoms with Crippen LogP contribution in [0.1, 0.15) is 26.2 Å². The molecule has 0 aliphatic heterocycles. The Bertz CT molecular complexity index is 110. The molecule has 0 atom stereocenters. The molecule has 0 bridgehead atoms. The topological polar surface area (TPSA) is 0 Å². The summed E-state index contributed by atoms with van der Waals surface area (Å²) in [7, 11) is 0. The largest absolute Gasteiger partial charge is 0.394 e. The maximum Gasteiger partial charge on any atom is 0.394 e. The highest BCUT2D eigenvalue weighted by molar-refractivity contribution is 4.89. The molecule has 0 aromatic rings. The third kappa shape index (κ3) is 0.926. The predicted molar refractivity (Wildman–Crippen MR) is 28.0 cm³/mol. The lowest BCUT2D eigenvalue weighted by Gasteiger charge is -2.39. The van der Waals surface area contributed by atoms with Gasteiger partial charge in [-0.3, -0.25) is 0 Å². The van der Waals surface area contributed by atoms with Gasteiger partial charge in [0.05, 0.1) is 5.41 Å². The van der Waals surface area contributed by atoms with Crippen LogP contribution in [0, 0.1) is 5.41 Å². The molecular formula is C6H9F3. The number of hydrogen-bond donors (Lipinski definition) is 0. The van der Waals surface area contributed by atoms with Crippen LogP contribution in [0.15, 0.2) is 0 Å². The standard InChI is InChI=1S/C6H9F3/c1-5(3-2-4-5)6(7,8)9/h2-4H2,1H3. The molecule has 1 rings (SSSR count). The Labute approximate surface area is 52.1 Å². The van der Waals surface area contributed by atoms with Crippen molar-refractivity contribution < 1.29 is 13.2 Å². The first-order valence-electron chi connectivity index (χ1n) is 3.02. The zero-order valence-corrected chi connectivity index (χ0v) is 5.26. The van der Waals surface area contributed by atoms with Crippen LogP contribution in [-0.2, 0) is 0 Å². The van der Waals surface area contributed by atoms with Crippen molar-refractivity contribution in [3.63, 3.8) is 0 Å². The van der Waals surface area contributed by atoms with Crippen LogP contribution in [0.5, 0.6) is 0 Å². The van der Waals surface area contributed by atoms with Gasteiger partial charge in [-0.2, -0.15) is 13.2 Å². The third-order valence-corrected chi connectivity index (χ3v) is 2.14. The summed E-state index contributed by atoms with van der Waals surface area (Å²) in [4.78, 5) is 0. The second-order valence-corrected chi connectivity index (χ2v) is 2.91. The molecule has 1 aliphatic rings. The molecule has 0 unspecified atom stereocenters. The van der Waals surface area contributed by atoms with Crippen molar-refractivity contribution in [1.29, 1.82) is 0 Å². The van der Waals surface area contributed by atoms with Gasteiger partial charge < -0.3 is 0 Å². The fraction of sp³-hybridized carbons (Fsp3) is 1.00. The number of rotatable bonds is 0. The summed E-state index contributed by atoms with van der Waals surface area (Å²) in [6, 6.07) is 0. The Morgan fingerprint density at radius 1 is 1.22 bits per heavy atom. The van der Waals surface area contributed by atoms with Crippen molar-refractivity contribution in [2.45, 2.75) is 32.4 Å². The fourth-order valence-corrected chi connectivity index (χ4v) is 0.991. The lowest BCUT2D eigenvalue weighted by Crippen LogP contribution is -2.40. The lowest BCUT2D eigenvalue weighted by molar-refractivity contribution is -0.242. The summed E-state index contributed by atoms with van der Waals surface area (Å²) in [6.07, 6.45) is -2.60. The van der Waals surface area contributed by atoms with Gasteiger partial charge in [-0.25, -0.2) is 0 Å². The maximum atomic E-state index is 11.9. The molecule has 9 heavy (non-hydrogen) atoms. The molecule has 0 aromatic carbocycles. The van der Waals surface area contributed by atoms with Gasteiger partial charge in [0.1, 0.15) is 0 Å². The summed E-state index contributed by atoms with van der Waals surface area (Å²) in [5.41, 5.74) is -1.34. The van der Waals surface area contributed by atoms with E-state index in [1.165, 1.54) is 6.92 Å². The van der Waals surface area contributed by atoms with E-state index in [-0.39, 0.29) is 0 Å². The highest BCUT2D eigenvalue weighted by atomic mass is 19.4. The van der Waals surface area contributed by atoms with Gasteiger partial charge >= 0.3 is 6.18 Å². The Balaban J connectivity index is 2.59. The van der Waals surface area contributed by atoms with E-state index in [0.717, 1.165) is 6.42 Å². The fourth-order valence-electron chi connectivity index (χ4n) is 0.991. The van der Waals surface area contributed by atoms with Gasteiger partial charge in [0.25, 0.3) is 0 Å². The number of hydrogen-bond acceptors (Lipinski definition) is 0. The van der Waals surface area contributed by atoms with Crippen LogP contribution in [0.2, 0.25) is 0 Å². The Kier molecular flexibility index (Phi) is 1.26. The summed E-state index contributed by atoms with van der Waals surface area (Å²) < 4.78 is 35.7. The van der Waals surface area contributed by atoms with Gasteiger partial charge in [-0.05, 0) is 12.8 Å². The van der Waals surface area contributed by atoms with Gasteiger partial charge in [-0.1, -0.05) is 13.3 Å². The van der Waals surface area contributed by atoms with Crippen molar-refractivity contribution in [3.05, 3.63) is 0 Å². The first-order valence-corrected chi connectivity index (χ1v) is 3.02. The maximum absolute atomic E-state index is 11.9. The van der Waals surface area contributed by atoms with E-state index in [0.29, 0.717) is 12.8 Å². The van der Waals surface area contributed by atoms with Crippen molar-refractivity contribution in [2.24, 2.45) is 5.41 Å². The second-order valence-electron chi connectivity index (χ2n) is 2.91. The zero-order valence-electron chi connectivity index (χ0n) is 5.26. The highest BCUT2D eigenvalue weighted by Gasteiger charge is 2.54. The summed E-state index contributed by atoms with van der Waals surface area (Å²) >= 11 is 0. The zero-order chi connectivity index (χ0) is 7.12. The molecule has 0 amide bonds. The molecule has 0 nitrogen and oxygen atoms in total. The summed E-state index contributed by atoms with van der Waals surface area (Å²) in [5.74, 6) is 0. The van der Waals surface area contributed by atoms with Crippen LogP contribution in [0.3, 0.4) is 0 Å². The molecule has 0 heterocycles. The second kappa shape index (κ2) is 1.64. The Morgan fingerprint density at radius 2 is 1.67 bits per heavy atom. The van der Waals surface area contributed by atoms with Crippen molar-refractivity contribution in [3.8, 4) is 0 Å². The molecule has 0 aromatic heterocycles. The van der Waals surface area contributed by atoms with Crippen molar-refractivity contribution in [2.75, 3.05) is 0 Å². The Morgan fingerprint density at radius 3 is 1.67 bits per heavy atom. The van der Waals surface area contributed by atoms with E-state index in [4.69, 9.17) is 0 Å². The quantitative estimate of drug-likeness (QED) is 0.482. The molecule has 0 radical (unpaired) electrons. The van der Waals surface area contributed by atoms with Crippen LogP contribution in [-0.4, -0.2) is 6.18 Å². The lowest BCUT2D eigenvalue weighted by atomic mass is 9.70. The SMILES string of the molecule is CC1(C(F)(F)F)CCC1. The number of halogens is 3. The summed E-state index contributed by atoms with van der Waals surface area (Å²) in [6.45, 7) is 1.29. The minimum absolute atomic E-state index is 0.316. The van der Waals surface area contributed by atoms with Crippen LogP contribution in [0.4, 0.5) is 13.2 Å². The van der Waals surface area contributed by atoms with E-state index in [9.17, 15) is 13.2 Å². The van der Waals surface area contributed by atoms with E-state index >= 15 is 0 Å². The van der Waals surface area contributed by atoms with Crippen molar-refractivity contribution >= 4 is 0 Å². The minimum atomic E-state index is -3.97. The third-order valence-electron chi connectivity index (χ3n) is 2.14. The van der Waals surface area contributed by atoms with Crippen LogP contribution in [0.25, 0.3) is 0 Å². The Hall–Kier alpha value is -0.210. The molecule has 1 aliphatic carbocycles. The van der Waals surface area contributed by atoms with Gasteiger partial charge in [0.15, 0.2) is 0 Å². The molecule has 0 N–H and O–H groups in total. The highest BCUT2D eigenvalue weighted by Crippen LogP contribution is 2.52. The minimum Gasteiger partial charge on any atom is -0.171 e. The van der Waals surface area contributed by atoms with Gasteiger partial charge in [0, 0.05) is 0 Å². The van der Waals surface area contributed by atoms with E-state index in [2.05, 4.69) is 0 Å². The van der Waals surface area contributed by atoms with E-state index in [1.54, 1.807) is 0 Å². The molecular weight excluding hydrogens is 129 g/mol. The summed E-state index contributed by atoms with van der Waals surface area (Å²) in [5, 5.41) is 0. The molecule has 0 spiro atoms. The average molecular weight is 138 g/mol. The van der Waals surface area contributed by atoms with Crippen molar-refractivity contribution in [1.82, 2.24) is 0 Å². The molecule has 3 heteroatoms. The van der Waals surface area contributed by atoms with E-state index < -0.39 is 11.6 Å². The smallest absolute Gasteiger partial charge is 0.171 e. The normalized spacial score (nSPS) is 25.3. The molecule has 54 valence electrons. The first kappa shape index (κ1) is 6.90. The van der Waals surface area contributed by atoms with Crippen LogP contribution >= 0.6 is 0 Å². The molecule has 0 saturated heterocycles.